The molecular weight excluding hydrogens is 435 g/mol. The molecule has 118 valence electrons. The zero-order valence-corrected chi connectivity index (χ0v) is 14.8. The lowest BCUT2D eigenvalue weighted by Gasteiger charge is -2.11. The van der Waals surface area contributed by atoms with Gasteiger partial charge >= 0.3 is 0 Å². The highest BCUT2D eigenvalue weighted by atomic mass is 127. The van der Waals surface area contributed by atoms with Crippen molar-refractivity contribution in [1.82, 2.24) is 3.97 Å². The van der Waals surface area contributed by atoms with Crippen molar-refractivity contribution >= 4 is 47.5 Å². The van der Waals surface area contributed by atoms with Crippen LogP contribution in [0.25, 0.3) is 10.9 Å². The predicted molar refractivity (Wildman–Crippen MR) is 95.5 cm³/mol. The maximum Gasteiger partial charge on any atom is 0.174 e. The van der Waals surface area contributed by atoms with Crippen LogP contribution < -0.4 is 4.74 Å². The van der Waals surface area contributed by atoms with E-state index in [0.717, 1.165) is 0 Å². The number of benzene rings is 2. The molecule has 0 saturated carbocycles. The van der Waals surface area contributed by atoms with E-state index < -0.39 is 5.82 Å². The summed E-state index contributed by atoms with van der Waals surface area (Å²) in [5.41, 5.74) is 1.10. The van der Waals surface area contributed by atoms with Crippen molar-refractivity contribution in [2.75, 3.05) is 0 Å². The molecule has 1 heterocycles. The van der Waals surface area contributed by atoms with Gasteiger partial charge in [0.15, 0.2) is 17.9 Å². The molecule has 0 fully saturated rings. The number of hydrogen-bond donors (Lipinski definition) is 0. The molecule has 0 radical (unpaired) electrons. The van der Waals surface area contributed by atoms with E-state index in [-0.39, 0.29) is 22.9 Å². The zero-order valence-electron chi connectivity index (χ0n) is 11.8. The molecular formula is C16H10F2INO2S. The van der Waals surface area contributed by atoms with Crippen LogP contribution in [0, 0.1) is 18.6 Å². The summed E-state index contributed by atoms with van der Waals surface area (Å²) < 4.78 is 35.0. The number of aromatic nitrogens is 1. The second-order valence-corrected chi connectivity index (χ2v) is 6.59. The second-order valence-electron chi connectivity index (χ2n) is 4.88. The van der Waals surface area contributed by atoms with Crippen molar-refractivity contribution in [3.05, 3.63) is 59.3 Å². The van der Waals surface area contributed by atoms with Crippen LogP contribution in [0.3, 0.4) is 0 Å². The Hall–Kier alpha value is -1.61. The summed E-state index contributed by atoms with van der Waals surface area (Å²) >= 11 is 2.07. The lowest BCUT2D eigenvalue weighted by Crippen LogP contribution is -1.97. The smallest absolute Gasteiger partial charge is 0.174 e. The Balaban J connectivity index is 2.14. The highest BCUT2D eigenvalue weighted by Crippen LogP contribution is 2.36. The molecule has 3 nitrogen and oxygen atoms in total. The number of rotatable bonds is 4. The molecule has 3 rings (SSSR count). The summed E-state index contributed by atoms with van der Waals surface area (Å²) in [7, 11) is 1.37. The van der Waals surface area contributed by atoms with Crippen LogP contribution in [-0.2, 0) is 0 Å². The van der Waals surface area contributed by atoms with Crippen LogP contribution in [0.2, 0.25) is 0 Å². The minimum atomic E-state index is -0.646. The molecule has 0 atom stereocenters. The summed E-state index contributed by atoms with van der Waals surface area (Å²) in [6.07, 6.45) is 2.32. The van der Waals surface area contributed by atoms with Gasteiger partial charge in [-0.25, -0.2) is 8.78 Å². The number of aryl methyl sites for hydroxylation is 1. The fourth-order valence-electron chi connectivity index (χ4n) is 2.31. The SMILES string of the molecule is Cc1cc(Oc2c(F)cc3c(ccn3SI)c2C=O)ccc1F. The molecule has 0 N–H and O–H groups in total. The molecule has 0 aliphatic carbocycles. The Morgan fingerprint density at radius 2 is 2.00 bits per heavy atom. The van der Waals surface area contributed by atoms with Gasteiger partial charge in [0.25, 0.3) is 0 Å². The van der Waals surface area contributed by atoms with E-state index in [0.29, 0.717) is 22.8 Å². The van der Waals surface area contributed by atoms with E-state index in [1.165, 1.54) is 33.4 Å². The number of hydrogen-bond acceptors (Lipinski definition) is 3. The standard InChI is InChI=1S/C16H10F2INO2S/c1-9-6-10(2-3-13(9)17)22-16-12(8-21)11-4-5-20(23-19)15(11)7-14(16)18/h2-8H,1H3. The summed E-state index contributed by atoms with van der Waals surface area (Å²) in [5.74, 6) is -0.908. The van der Waals surface area contributed by atoms with Gasteiger partial charge in [0.05, 0.1) is 11.1 Å². The highest BCUT2D eigenvalue weighted by molar-refractivity contribution is 14.2. The van der Waals surface area contributed by atoms with Crippen LogP contribution in [0.15, 0.2) is 36.5 Å². The van der Waals surface area contributed by atoms with Gasteiger partial charge in [-0.1, -0.05) is 0 Å². The topological polar surface area (TPSA) is 31.2 Å². The number of nitrogens with zero attached hydrogens (tertiary/aromatic N) is 1. The first-order valence-electron chi connectivity index (χ1n) is 6.57. The van der Waals surface area contributed by atoms with Crippen molar-refractivity contribution in [3.63, 3.8) is 0 Å². The summed E-state index contributed by atoms with van der Waals surface area (Å²) in [6, 6.07) is 7.14. The number of carbonyl (C=O) groups excluding carboxylic acids is 1. The fourth-order valence-corrected chi connectivity index (χ4v) is 3.67. The largest absolute Gasteiger partial charge is 0.453 e. The van der Waals surface area contributed by atoms with Gasteiger partial charge in [-0.15, -0.1) is 0 Å². The molecule has 23 heavy (non-hydrogen) atoms. The zero-order chi connectivity index (χ0) is 16.6. The van der Waals surface area contributed by atoms with Crippen molar-refractivity contribution in [2.24, 2.45) is 0 Å². The first-order valence-corrected chi connectivity index (χ1v) is 9.88. The second kappa shape index (κ2) is 6.48. The fraction of sp³-hybridized carbons (Fsp3) is 0.0625. The third kappa shape index (κ3) is 2.94. The van der Waals surface area contributed by atoms with Crippen LogP contribution in [0.1, 0.15) is 15.9 Å². The lowest BCUT2D eigenvalue weighted by molar-refractivity contribution is 0.112. The van der Waals surface area contributed by atoms with Gasteiger partial charge in [0, 0.05) is 48.0 Å². The summed E-state index contributed by atoms with van der Waals surface area (Å²) in [5, 5.41) is 0.597. The number of carbonyl (C=O) groups is 1. The first kappa shape index (κ1) is 16.3. The van der Waals surface area contributed by atoms with E-state index >= 15 is 0 Å². The molecule has 1 aromatic heterocycles. The minimum Gasteiger partial charge on any atom is -0.453 e. The maximum atomic E-state index is 14.4. The Bertz CT molecular complexity index is 911. The van der Waals surface area contributed by atoms with Gasteiger partial charge in [0.1, 0.15) is 11.6 Å². The molecule has 7 heteroatoms. The maximum absolute atomic E-state index is 14.4. The molecule has 0 amide bonds. The number of aldehydes is 1. The summed E-state index contributed by atoms with van der Waals surface area (Å²) in [6.45, 7) is 1.58. The third-order valence-electron chi connectivity index (χ3n) is 3.45. The minimum absolute atomic E-state index is 0.131. The van der Waals surface area contributed by atoms with E-state index in [1.54, 1.807) is 23.2 Å². The van der Waals surface area contributed by atoms with Gasteiger partial charge in [-0.05, 0) is 36.8 Å². The van der Waals surface area contributed by atoms with E-state index in [1.807, 2.05) is 0 Å². The van der Waals surface area contributed by atoms with Crippen LogP contribution in [-0.4, -0.2) is 10.3 Å². The Morgan fingerprint density at radius 1 is 1.22 bits per heavy atom. The monoisotopic (exact) mass is 445 g/mol. The average molecular weight is 445 g/mol. The van der Waals surface area contributed by atoms with Crippen LogP contribution >= 0.6 is 30.3 Å². The molecule has 3 aromatic rings. The average Bonchev–Trinajstić information content (AvgIpc) is 2.94. The van der Waals surface area contributed by atoms with Gasteiger partial charge in [-0.2, -0.15) is 0 Å². The first-order chi connectivity index (χ1) is 11.0. The Morgan fingerprint density at radius 3 is 2.65 bits per heavy atom. The number of ether oxygens (including phenoxy) is 1. The van der Waals surface area contributed by atoms with Crippen molar-refractivity contribution in [2.45, 2.75) is 6.92 Å². The quantitative estimate of drug-likeness (QED) is 0.383. The lowest BCUT2D eigenvalue weighted by atomic mass is 10.1. The summed E-state index contributed by atoms with van der Waals surface area (Å²) in [4.78, 5) is 11.5. The molecule has 0 spiro atoms. The molecule has 0 unspecified atom stereocenters. The van der Waals surface area contributed by atoms with Crippen molar-refractivity contribution in [3.8, 4) is 11.5 Å². The van der Waals surface area contributed by atoms with E-state index in [4.69, 9.17) is 4.74 Å². The molecule has 2 aromatic carbocycles. The van der Waals surface area contributed by atoms with Crippen molar-refractivity contribution in [1.29, 1.82) is 0 Å². The predicted octanol–water partition coefficient (Wildman–Crippen LogP) is 5.68. The van der Waals surface area contributed by atoms with E-state index in [2.05, 4.69) is 21.2 Å². The van der Waals surface area contributed by atoms with Crippen molar-refractivity contribution < 1.29 is 18.3 Å². The van der Waals surface area contributed by atoms with Gasteiger partial charge in [0.2, 0.25) is 0 Å². The van der Waals surface area contributed by atoms with Gasteiger partial charge in [-0.3, -0.25) is 8.77 Å². The Kier molecular flexibility index (Phi) is 4.58. The number of fused-ring (bicyclic) bond motifs is 1. The molecule has 0 aliphatic heterocycles. The molecule has 0 saturated heterocycles. The third-order valence-corrected chi connectivity index (χ3v) is 5.19. The highest BCUT2D eigenvalue weighted by Gasteiger charge is 2.18. The Labute approximate surface area is 147 Å². The van der Waals surface area contributed by atoms with E-state index in [9.17, 15) is 13.6 Å². The number of halogens is 3. The van der Waals surface area contributed by atoms with Crippen LogP contribution in [0.5, 0.6) is 11.5 Å². The molecule has 0 bridgehead atoms. The van der Waals surface area contributed by atoms with Gasteiger partial charge < -0.3 is 4.74 Å². The van der Waals surface area contributed by atoms with Crippen LogP contribution in [0.4, 0.5) is 8.78 Å². The normalized spacial score (nSPS) is 11.0. The molecule has 0 aliphatic rings.